The van der Waals surface area contributed by atoms with Crippen molar-refractivity contribution in [3.05, 3.63) is 33.9 Å². The zero-order valence-corrected chi connectivity index (χ0v) is 10.3. The molecule has 0 heterocycles. The Kier molecular flexibility index (Phi) is 4.64. The largest absolute Gasteiger partial charge is 0.480 e. The predicted molar refractivity (Wildman–Crippen MR) is 70.3 cm³/mol. The van der Waals surface area contributed by atoms with Gasteiger partial charge in [-0.3, -0.25) is 19.7 Å². The van der Waals surface area contributed by atoms with E-state index in [9.17, 15) is 19.7 Å². The number of carboxylic acids is 1. The molecule has 1 amide bonds. The summed E-state index contributed by atoms with van der Waals surface area (Å²) in [6.45, 7) is -0.621. The fourth-order valence-electron chi connectivity index (χ4n) is 1.59. The van der Waals surface area contributed by atoms with E-state index in [1.807, 2.05) is 0 Å². The van der Waals surface area contributed by atoms with E-state index < -0.39 is 29.0 Å². The molecule has 0 unspecified atom stereocenters. The van der Waals surface area contributed by atoms with Crippen LogP contribution in [0, 0.1) is 22.5 Å². The fraction of sp³-hybridized carbons (Fsp3) is 0.167. The summed E-state index contributed by atoms with van der Waals surface area (Å²) in [5.74, 6) is 0.219. The number of primary amides is 1. The quantitative estimate of drug-likeness (QED) is 0.435. The van der Waals surface area contributed by atoms with E-state index in [1.54, 1.807) is 0 Å². The number of nitro benzene ring substituents is 1. The SMILES string of the molecule is C#CCN(CC(=O)O)c1ccc(C(N)=O)cc1[N+](=O)[O-]. The van der Waals surface area contributed by atoms with Crippen molar-refractivity contribution in [1.82, 2.24) is 0 Å². The van der Waals surface area contributed by atoms with Crippen LogP contribution in [0.25, 0.3) is 0 Å². The highest BCUT2D eigenvalue weighted by Gasteiger charge is 2.22. The van der Waals surface area contributed by atoms with Crippen molar-refractivity contribution in [1.29, 1.82) is 0 Å². The van der Waals surface area contributed by atoms with Crippen LogP contribution in [0.2, 0.25) is 0 Å². The maximum absolute atomic E-state index is 11.0. The minimum absolute atomic E-state index is 0.0142. The van der Waals surface area contributed by atoms with Crippen LogP contribution >= 0.6 is 0 Å². The first-order valence-electron chi connectivity index (χ1n) is 5.35. The number of benzene rings is 1. The minimum atomic E-state index is -1.19. The molecule has 1 aromatic rings. The molecule has 8 nitrogen and oxygen atoms in total. The number of rotatable bonds is 6. The first kappa shape index (κ1) is 15.0. The lowest BCUT2D eigenvalue weighted by molar-refractivity contribution is -0.384. The third kappa shape index (κ3) is 3.46. The first-order valence-corrected chi connectivity index (χ1v) is 5.35. The number of carbonyl (C=O) groups is 2. The Hall–Kier alpha value is -3.08. The highest BCUT2D eigenvalue weighted by atomic mass is 16.6. The number of aliphatic carboxylic acids is 1. The lowest BCUT2D eigenvalue weighted by Crippen LogP contribution is -2.30. The predicted octanol–water partition coefficient (Wildman–Crippen LogP) is 0.218. The third-order valence-electron chi connectivity index (χ3n) is 2.41. The first-order chi connectivity index (χ1) is 9.36. The summed E-state index contributed by atoms with van der Waals surface area (Å²) in [5, 5.41) is 19.8. The lowest BCUT2D eigenvalue weighted by atomic mass is 10.1. The fourth-order valence-corrected chi connectivity index (χ4v) is 1.59. The summed E-state index contributed by atoms with van der Waals surface area (Å²) in [4.78, 5) is 33.2. The van der Waals surface area contributed by atoms with Crippen molar-refractivity contribution in [2.45, 2.75) is 0 Å². The van der Waals surface area contributed by atoms with E-state index in [1.165, 1.54) is 12.1 Å². The van der Waals surface area contributed by atoms with Crippen LogP contribution in [-0.2, 0) is 4.79 Å². The molecule has 0 aliphatic heterocycles. The Morgan fingerprint density at radius 1 is 1.50 bits per heavy atom. The summed E-state index contributed by atoms with van der Waals surface area (Å²) in [5.41, 5.74) is 4.58. The number of terminal acetylenes is 1. The third-order valence-corrected chi connectivity index (χ3v) is 2.41. The zero-order chi connectivity index (χ0) is 15.3. The van der Waals surface area contributed by atoms with Gasteiger partial charge in [0, 0.05) is 11.6 Å². The van der Waals surface area contributed by atoms with Gasteiger partial charge in [0.15, 0.2) is 0 Å². The van der Waals surface area contributed by atoms with Crippen LogP contribution in [-0.4, -0.2) is 35.0 Å². The summed E-state index contributed by atoms with van der Waals surface area (Å²) in [6.07, 6.45) is 5.12. The number of carbonyl (C=O) groups excluding carboxylic acids is 1. The van der Waals surface area contributed by atoms with Crippen LogP contribution < -0.4 is 10.6 Å². The van der Waals surface area contributed by atoms with Crippen molar-refractivity contribution in [2.24, 2.45) is 5.73 Å². The van der Waals surface area contributed by atoms with Crippen LogP contribution in [0.4, 0.5) is 11.4 Å². The molecule has 8 heteroatoms. The van der Waals surface area contributed by atoms with Gasteiger partial charge < -0.3 is 15.7 Å². The standard InChI is InChI=1S/C12H11N3O5/c1-2-5-14(7-11(16)17)9-4-3-8(12(13)18)6-10(9)15(19)20/h1,3-4,6H,5,7H2,(H2,13,18)(H,16,17). The van der Waals surface area contributed by atoms with Crippen molar-refractivity contribution in [3.63, 3.8) is 0 Å². The van der Waals surface area contributed by atoms with E-state index >= 15 is 0 Å². The molecule has 0 aliphatic rings. The molecule has 0 spiro atoms. The topological polar surface area (TPSA) is 127 Å². The molecule has 0 radical (unpaired) electrons. The second-order valence-corrected chi connectivity index (χ2v) is 3.78. The van der Waals surface area contributed by atoms with Gasteiger partial charge in [0.2, 0.25) is 5.91 Å². The molecule has 0 aromatic heterocycles. The molecule has 0 fully saturated rings. The van der Waals surface area contributed by atoms with Gasteiger partial charge in [0.25, 0.3) is 5.69 Å². The van der Waals surface area contributed by atoms with E-state index in [4.69, 9.17) is 17.3 Å². The number of nitrogens with zero attached hydrogens (tertiary/aromatic N) is 2. The highest BCUT2D eigenvalue weighted by Crippen LogP contribution is 2.29. The second-order valence-electron chi connectivity index (χ2n) is 3.78. The van der Waals surface area contributed by atoms with Crippen molar-refractivity contribution >= 4 is 23.3 Å². The summed E-state index contributed by atoms with van der Waals surface area (Å²) in [6, 6.07) is 3.51. The van der Waals surface area contributed by atoms with Crippen LogP contribution in [0.15, 0.2) is 18.2 Å². The van der Waals surface area contributed by atoms with Crippen LogP contribution in [0.1, 0.15) is 10.4 Å². The van der Waals surface area contributed by atoms with Gasteiger partial charge in [0.1, 0.15) is 12.2 Å². The summed E-state index contributed by atoms with van der Waals surface area (Å²) < 4.78 is 0. The normalized spacial score (nSPS) is 9.55. The maximum Gasteiger partial charge on any atom is 0.323 e. The number of hydrogen-bond donors (Lipinski definition) is 2. The molecule has 0 atom stereocenters. The Morgan fingerprint density at radius 2 is 2.15 bits per heavy atom. The van der Waals surface area contributed by atoms with E-state index in [0.717, 1.165) is 11.0 Å². The van der Waals surface area contributed by atoms with Crippen molar-refractivity contribution < 1.29 is 19.6 Å². The molecule has 0 aliphatic carbocycles. The summed E-state index contributed by atoms with van der Waals surface area (Å²) >= 11 is 0. The van der Waals surface area contributed by atoms with Gasteiger partial charge in [-0.25, -0.2) is 0 Å². The molecular formula is C12H11N3O5. The van der Waals surface area contributed by atoms with E-state index in [-0.39, 0.29) is 17.8 Å². The van der Waals surface area contributed by atoms with Crippen molar-refractivity contribution in [2.75, 3.05) is 18.0 Å². The van der Waals surface area contributed by atoms with Gasteiger partial charge in [-0.15, -0.1) is 6.42 Å². The molecule has 20 heavy (non-hydrogen) atoms. The van der Waals surface area contributed by atoms with Gasteiger partial charge in [-0.05, 0) is 12.1 Å². The Bertz CT molecular complexity index is 606. The average molecular weight is 277 g/mol. The molecule has 104 valence electrons. The number of carboxylic acid groups (broad SMARTS) is 1. The maximum atomic E-state index is 11.0. The molecule has 1 rings (SSSR count). The summed E-state index contributed by atoms with van der Waals surface area (Å²) in [7, 11) is 0. The Morgan fingerprint density at radius 3 is 2.60 bits per heavy atom. The van der Waals surface area contributed by atoms with Gasteiger partial charge in [-0.2, -0.15) is 0 Å². The minimum Gasteiger partial charge on any atom is -0.480 e. The monoisotopic (exact) mass is 277 g/mol. The van der Waals surface area contributed by atoms with Gasteiger partial charge >= 0.3 is 5.97 Å². The molecule has 0 saturated carbocycles. The van der Waals surface area contributed by atoms with Crippen LogP contribution in [0.3, 0.4) is 0 Å². The van der Waals surface area contributed by atoms with Gasteiger partial charge in [-0.1, -0.05) is 5.92 Å². The number of amides is 1. The number of nitrogens with two attached hydrogens (primary N) is 1. The smallest absolute Gasteiger partial charge is 0.323 e. The Labute approximate surface area is 113 Å². The Balaban J connectivity index is 3.33. The van der Waals surface area contributed by atoms with Crippen molar-refractivity contribution in [3.8, 4) is 12.3 Å². The molecule has 0 bridgehead atoms. The molecule has 0 saturated heterocycles. The number of anilines is 1. The van der Waals surface area contributed by atoms with Crippen LogP contribution in [0.5, 0.6) is 0 Å². The zero-order valence-electron chi connectivity index (χ0n) is 10.3. The highest BCUT2D eigenvalue weighted by molar-refractivity contribution is 5.94. The molecule has 3 N–H and O–H groups in total. The molecule has 1 aromatic carbocycles. The number of hydrogen-bond acceptors (Lipinski definition) is 5. The van der Waals surface area contributed by atoms with Gasteiger partial charge in [0.05, 0.1) is 11.5 Å². The second kappa shape index (κ2) is 6.19. The van der Waals surface area contributed by atoms with E-state index in [0.29, 0.717) is 0 Å². The average Bonchev–Trinajstić information content (AvgIpc) is 2.36. The lowest BCUT2D eigenvalue weighted by Gasteiger charge is -2.20. The molecular weight excluding hydrogens is 266 g/mol. The van der Waals surface area contributed by atoms with E-state index in [2.05, 4.69) is 5.92 Å². The number of nitro groups is 1.